The molecule has 0 spiro atoms. The molecule has 24 heavy (non-hydrogen) atoms. The van der Waals surface area contributed by atoms with Crippen LogP contribution in [0.5, 0.6) is 5.75 Å². The van der Waals surface area contributed by atoms with Gasteiger partial charge in [-0.25, -0.2) is 9.13 Å². The molecule has 5 heteroatoms. The van der Waals surface area contributed by atoms with Crippen molar-refractivity contribution in [2.75, 3.05) is 19.0 Å². The Bertz CT molecular complexity index is 855. The van der Waals surface area contributed by atoms with Crippen LogP contribution < -0.4 is 14.6 Å². The lowest BCUT2D eigenvalue weighted by Crippen LogP contribution is -2.42. The van der Waals surface area contributed by atoms with Gasteiger partial charge in [0.2, 0.25) is 0 Å². The molecule has 0 saturated carbocycles. The van der Waals surface area contributed by atoms with Crippen LogP contribution in [0.2, 0.25) is 0 Å². The first-order valence-electron chi connectivity index (χ1n) is 8.35. The highest BCUT2D eigenvalue weighted by molar-refractivity contribution is 5.74. The molecule has 0 unspecified atom stereocenters. The van der Waals surface area contributed by atoms with Crippen molar-refractivity contribution in [1.29, 1.82) is 0 Å². The number of ether oxygens (including phenoxy) is 1. The number of para-hydroxylation sites is 2. The monoisotopic (exact) mass is 324 g/mol. The molecule has 2 N–H and O–H groups in total. The standard InChI is InChI=1S/C19H21N3O2/c1-24-15-9-7-14(8-10-15)18(23)13-22-17-6-3-2-5-16(17)21-12-4-11-20-19(21)22/h2-3,5-10,18,23H,4,11-13H2,1H3/p+1/t18-/m0/s1. The molecule has 2 aromatic carbocycles. The lowest BCUT2D eigenvalue weighted by molar-refractivity contribution is -0.661. The molecule has 4 rings (SSSR count). The van der Waals surface area contributed by atoms with Gasteiger partial charge in [-0.1, -0.05) is 24.3 Å². The maximum Gasteiger partial charge on any atom is 0.358 e. The van der Waals surface area contributed by atoms with Crippen LogP contribution >= 0.6 is 0 Å². The summed E-state index contributed by atoms with van der Waals surface area (Å²) >= 11 is 0. The second-order valence-corrected chi connectivity index (χ2v) is 6.14. The molecule has 0 aliphatic carbocycles. The van der Waals surface area contributed by atoms with Gasteiger partial charge in [0.25, 0.3) is 0 Å². The van der Waals surface area contributed by atoms with Crippen LogP contribution in [-0.2, 0) is 13.1 Å². The highest BCUT2D eigenvalue weighted by Crippen LogP contribution is 2.25. The summed E-state index contributed by atoms with van der Waals surface area (Å²) < 4.78 is 9.68. The van der Waals surface area contributed by atoms with E-state index in [0.717, 1.165) is 42.3 Å². The summed E-state index contributed by atoms with van der Waals surface area (Å²) in [5.74, 6) is 1.88. The fourth-order valence-electron chi connectivity index (χ4n) is 3.44. The molecular weight excluding hydrogens is 302 g/mol. The summed E-state index contributed by atoms with van der Waals surface area (Å²) in [4.78, 5) is 0. The van der Waals surface area contributed by atoms with Gasteiger partial charge >= 0.3 is 5.95 Å². The number of fused-ring (bicyclic) bond motifs is 3. The molecule has 1 aromatic heterocycles. The van der Waals surface area contributed by atoms with Crippen molar-refractivity contribution in [3.05, 3.63) is 54.1 Å². The van der Waals surface area contributed by atoms with E-state index in [1.807, 2.05) is 30.3 Å². The summed E-state index contributed by atoms with van der Waals surface area (Å²) in [7, 11) is 1.65. The molecule has 5 nitrogen and oxygen atoms in total. The van der Waals surface area contributed by atoms with Gasteiger partial charge in [0.15, 0.2) is 0 Å². The van der Waals surface area contributed by atoms with Crippen molar-refractivity contribution >= 4 is 17.0 Å². The minimum absolute atomic E-state index is 0.516. The van der Waals surface area contributed by atoms with Crippen LogP contribution in [0.1, 0.15) is 18.1 Å². The quantitative estimate of drug-likeness (QED) is 0.725. The number of anilines is 1. The van der Waals surface area contributed by atoms with E-state index in [0.29, 0.717) is 6.54 Å². The summed E-state index contributed by atoms with van der Waals surface area (Å²) in [6.07, 6.45) is 0.548. The predicted molar refractivity (Wildman–Crippen MR) is 93.2 cm³/mol. The Kier molecular flexibility index (Phi) is 3.86. The number of hydrogen-bond acceptors (Lipinski definition) is 3. The van der Waals surface area contributed by atoms with Gasteiger partial charge < -0.3 is 9.84 Å². The molecule has 0 radical (unpaired) electrons. The first-order valence-corrected chi connectivity index (χ1v) is 8.35. The molecule has 1 aliphatic rings. The third kappa shape index (κ3) is 2.51. The van der Waals surface area contributed by atoms with Crippen LogP contribution in [0.3, 0.4) is 0 Å². The number of aliphatic hydroxyl groups is 1. The molecule has 0 fully saturated rings. The zero-order chi connectivity index (χ0) is 16.5. The third-order valence-corrected chi connectivity index (χ3v) is 4.67. The van der Waals surface area contributed by atoms with Gasteiger partial charge in [-0.3, -0.25) is 5.32 Å². The van der Waals surface area contributed by atoms with Crippen LogP contribution in [0, 0.1) is 0 Å². The highest BCUT2D eigenvalue weighted by Gasteiger charge is 2.27. The van der Waals surface area contributed by atoms with E-state index in [2.05, 4.69) is 32.7 Å². The van der Waals surface area contributed by atoms with Crippen molar-refractivity contribution in [3.8, 4) is 5.75 Å². The Balaban J connectivity index is 1.71. The molecule has 1 atom stereocenters. The van der Waals surface area contributed by atoms with Crippen molar-refractivity contribution < 1.29 is 14.4 Å². The number of imidazole rings is 1. The topological polar surface area (TPSA) is 50.3 Å². The van der Waals surface area contributed by atoms with E-state index in [1.54, 1.807) is 7.11 Å². The Morgan fingerprint density at radius 3 is 2.79 bits per heavy atom. The molecule has 3 aromatic rings. The second-order valence-electron chi connectivity index (χ2n) is 6.14. The minimum Gasteiger partial charge on any atom is -0.497 e. The lowest BCUT2D eigenvalue weighted by Gasteiger charge is -2.14. The normalized spacial score (nSPS) is 14.9. The number of hydrogen-bond donors (Lipinski definition) is 2. The van der Waals surface area contributed by atoms with E-state index in [4.69, 9.17) is 4.74 Å². The van der Waals surface area contributed by atoms with E-state index in [9.17, 15) is 5.11 Å². The number of nitrogens with zero attached hydrogens (tertiary/aromatic N) is 2. The lowest BCUT2D eigenvalue weighted by atomic mass is 10.1. The highest BCUT2D eigenvalue weighted by atomic mass is 16.5. The fourth-order valence-corrected chi connectivity index (χ4v) is 3.44. The van der Waals surface area contributed by atoms with Crippen molar-refractivity contribution in [1.82, 2.24) is 4.57 Å². The Morgan fingerprint density at radius 2 is 2.00 bits per heavy atom. The smallest absolute Gasteiger partial charge is 0.358 e. The van der Waals surface area contributed by atoms with Crippen molar-refractivity contribution in [3.63, 3.8) is 0 Å². The number of aromatic nitrogens is 2. The molecule has 0 saturated heterocycles. The van der Waals surface area contributed by atoms with Gasteiger partial charge in [-0.05, 0) is 29.8 Å². The van der Waals surface area contributed by atoms with E-state index in [-0.39, 0.29) is 0 Å². The summed E-state index contributed by atoms with van der Waals surface area (Å²) in [5, 5.41) is 14.2. The van der Waals surface area contributed by atoms with Crippen LogP contribution in [-0.4, -0.2) is 23.3 Å². The molecule has 0 bridgehead atoms. The Morgan fingerprint density at radius 1 is 1.21 bits per heavy atom. The molecule has 1 aliphatic heterocycles. The zero-order valence-electron chi connectivity index (χ0n) is 13.8. The number of rotatable bonds is 4. The number of methoxy groups -OCH3 is 1. The predicted octanol–water partition coefficient (Wildman–Crippen LogP) is 2.49. The molecule has 124 valence electrons. The fraction of sp³-hybridized carbons (Fsp3) is 0.316. The van der Waals surface area contributed by atoms with E-state index < -0.39 is 6.10 Å². The third-order valence-electron chi connectivity index (χ3n) is 4.67. The number of aryl methyl sites for hydroxylation is 1. The average molecular weight is 324 g/mol. The minimum atomic E-state index is -0.569. The molecular formula is C19H22N3O2+. The van der Waals surface area contributed by atoms with Gasteiger partial charge in [-0.15, -0.1) is 0 Å². The number of benzene rings is 2. The average Bonchev–Trinajstić information content (AvgIpc) is 2.96. The van der Waals surface area contributed by atoms with Gasteiger partial charge in [0, 0.05) is 6.42 Å². The summed E-state index contributed by atoms with van der Waals surface area (Å²) in [6.45, 7) is 2.49. The zero-order valence-corrected chi connectivity index (χ0v) is 13.8. The summed E-state index contributed by atoms with van der Waals surface area (Å²) in [5.41, 5.74) is 3.25. The molecule has 0 amide bonds. The van der Waals surface area contributed by atoms with Gasteiger partial charge in [0.05, 0.1) is 20.2 Å². The molecule has 2 heterocycles. The largest absolute Gasteiger partial charge is 0.497 e. The Labute approximate surface area is 141 Å². The van der Waals surface area contributed by atoms with E-state index >= 15 is 0 Å². The number of aliphatic hydroxyl groups excluding tert-OH is 1. The van der Waals surface area contributed by atoms with Gasteiger partial charge in [0.1, 0.15) is 29.4 Å². The van der Waals surface area contributed by atoms with Crippen LogP contribution in [0.15, 0.2) is 48.5 Å². The van der Waals surface area contributed by atoms with E-state index in [1.165, 1.54) is 5.52 Å². The van der Waals surface area contributed by atoms with Gasteiger partial charge in [-0.2, -0.15) is 0 Å². The second kappa shape index (κ2) is 6.17. The van der Waals surface area contributed by atoms with Crippen LogP contribution in [0.4, 0.5) is 5.95 Å². The summed E-state index contributed by atoms with van der Waals surface area (Å²) in [6, 6.07) is 16.0. The van der Waals surface area contributed by atoms with Crippen molar-refractivity contribution in [2.24, 2.45) is 0 Å². The first-order chi connectivity index (χ1) is 11.8. The van der Waals surface area contributed by atoms with Crippen LogP contribution in [0.25, 0.3) is 11.0 Å². The first kappa shape index (κ1) is 15.0. The van der Waals surface area contributed by atoms with Crippen molar-refractivity contribution in [2.45, 2.75) is 25.6 Å². The SMILES string of the molecule is COc1ccc([C@@H](O)Cn2c3[n+](c4ccccc42)CCCN3)cc1. The number of nitrogens with one attached hydrogen (secondary N) is 1. The maximum atomic E-state index is 10.7. The maximum absolute atomic E-state index is 10.7. The Hall–Kier alpha value is -2.53.